The van der Waals surface area contributed by atoms with Crippen LogP contribution in [0.2, 0.25) is 5.15 Å². The van der Waals surface area contributed by atoms with Crippen molar-refractivity contribution in [3.05, 3.63) is 46.4 Å². The van der Waals surface area contributed by atoms with Gasteiger partial charge in [0, 0.05) is 12.3 Å². The largest absolute Gasteiger partial charge is 0.418 e. The van der Waals surface area contributed by atoms with E-state index < -0.39 is 6.09 Å². The van der Waals surface area contributed by atoms with Crippen molar-refractivity contribution in [2.45, 2.75) is 0 Å². The molecule has 0 aliphatic rings. The van der Waals surface area contributed by atoms with Crippen LogP contribution in [-0.4, -0.2) is 25.7 Å². The molecule has 1 amide bonds. The molecule has 0 aliphatic carbocycles. The van der Waals surface area contributed by atoms with Crippen molar-refractivity contribution >= 4 is 45.1 Å². The van der Waals surface area contributed by atoms with Gasteiger partial charge in [-0.25, -0.2) is 9.78 Å². The molecule has 9 heteroatoms. The molecule has 0 aromatic carbocycles. The Kier molecular flexibility index (Phi) is 3.72. The van der Waals surface area contributed by atoms with Gasteiger partial charge in [0.25, 0.3) is 0 Å². The van der Waals surface area contributed by atoms with Gasteiger partial charge >= 0.3 is 6.09 Å². The van der Waals surface area contributed by atoms with E-state index in [0.29, 0.717) is 21.7 Å². The number of nitrogens with one attached hydrogen (secondary N) is 1. The van der Waals surface area contributed by atoms with E-state index in [-0.39, 0.29) is 5.15 Å². The fraction of sp³-hybridized carbons (Fsp3) is 0. The Morgan fingerprint density at radius 1 is 1.43 bits per heavy atom. The molecular weight excluding hydrogens is 362 g/mol. The Morgan fingerprint density at radius 2 is 2.29 bits per heavy atom. The van der Waals surface area contributed by atoms with Crippen LogP contribution in [0.1, 0.15) is 0 Å². The molecule has 0 spiro atoms. The molecule has 3 rings (SSSR count). The molecular formula is C12H7BrClN5O2. The molecule has 0 bridgehead atoms. The Hall–Kier alpha value is -2.19. The molecule has 0 saturated carbocycles. The molecule has 106 valence electrons. The van der Waals surface area contributed by atoms with E-state index in [0.717, 1.165) is 0 Å². The second-order valence-electron chi connectivity index (χ2n) is 3.90. The van der Waals surface area contributed by atoms with Crippen molar-refractivity contribution in [3.8, 4) is 5.75 Å². The quantitative estimate of drug-likeness (QED) is 0.703. The van der Waals surface area contributed by atoms with Gasteiger partial charge in [-0.2, -0.15) is 9.61 Å². The van der Waals surface area contributed by atoms with E-state index in [1.807, 2.05) is 0 Å². The lowest BCUT2D eigenvalue weighted by Crippen LogP contribution is -2.19. The lowest BCUT2D eigenvalue weighted by atomic mass is 10.5. The number of anilines is 1. The summed E-state index contributed by atoms with van der Waals surface area (Å²) in [6.07, 6.45) is 3.88. The van der Waals surface area contributed by atoms with Crippen LogP contribution in [0.3, 0.4) is 0 Å². The van der Waals surface area contributed by atoms with Gasteiger partial charge in [-0.15, -0.1) is 0 Å². The zero-order chi connectivity index (χ0) is 14.8. The Morgan fingerprint density at radius 3 is 3.05 bits per heavy atom. The van der Waals surface area contributed by atoms with E-state index in [1.54, 1.807) is 24.5 Å². The maximum absolute atomic E-state index is 11.9. The topological polar surface area (TPSA) is 81.4 Å². The fourth-order valence-electron chi connectivity index (χ4n) is 1.64. The Bertz CT molecular complexity index is 808. The highest BCUT2D eigenvalue weighted by Crippen LogP contribution is 2.22. The van der Waals surface area contributed by atoms with Crippen LogP contribution >= 0.6 is 27.5 Å². The van der Waals surface area contributed by atoms with E-state index in [2.05, 4.69) is 36.3 Å². The van der Waals surface area contributed by atoms with Gasteiger partial charge in [0.1, 0.15) is 11.0 Å². The zero-order valence-electron chi connectivity index (χ0n) is 10.3. The van der Waals surface area contributed by atoms with E-state index in [4.69, 9.17) is 16.3 Å². The molecule has 0 radical (unpaired) electrons. The van der Waals surface area contributed by atoms with Crippen molar-refractivity contribution in [1.82, 2.24) is 19.6 Å². The lowest BCUT2D eigenvalue weighted by molar-refractivity contribution is 0.215. The summed E-state index contributed by atoms with van der Waals surface area (Å²) in [5.74, 6) is 0.664. The van der Waals surface area contributed by atoms with E-state index in [9.17, 15) is 4.79 Å². The second kappa shape index (κ2) is 5.66. The fourth-order valence-corrected chi connectivity index (χ4v) is 2.17. The average Bonchev–Trinajstić information content (AvgIpc) is 2.81. The molecule has 7 nitrogen and oxygen atoms in total. The van der Waals surface area contributed by atoms with Crippen molar-refractivity contribution in [2.24, 2.45) is 0 Å². The van der Waals surface area contributed by atoms with Crippen molar-refractivity contribution < 1.29 is 9.53 Å². The first-order chi connectivity index (χ1) is 10.1. The van der Waals surface area contributed by atoms with E-state index >= 15 is 0 Å². The minimum Gasteiger partial charge on any atom is -0.408 e. The first kappa shape index (κ1) is 13.8. The number of hydrogen-bond acceptors (Lipinski definition) is 5. The van der Waals surface area contributed by atoms with Crippen molar-refractivity contribution in [3.63, 3.8) is 0 Å². The maximum Gasteiger partial charge on any atom is 0.418 e. The number of hydrogen-bond donors (Lipinski definition) is 1. The number of carbonyl (C=O) groups excluding carboxylic acids is 1. The van der Waals surface area contributed by atoms with Gasteiger partial charge in [-0.1, -0.05) is 11.6 Å². The Balaban J connectivity index is 1.86. The number of halogens is 2. The highest BCUT2D eigenvalue weighted by Gasteiger charge is 2.13. The highest BCUT2D eigenvalue weighted by molar-refractivity contribution is 9.10. The number of carbonyl (C=O) groups is 1. The van der Waals surface area contributed by atoms with Crippen LogP contribution in [0.15, 0.2) is 41.3 Å². The molecule has 21 heavy (non-hydrogen) atoms. The maximum atomic E-state index is 11.9. The molecule has 3 aromatic heterocycles. The Labute approximate surface area is 132 Å². The van der Waals surface area contributed by atoms with Crippen LogP contribution < -0.4 is 10.1 Å². The summed E-state index contributed by atoms with van der Waals surface area (Å²) in [7, 11) is 0. The van der Waals surface area contributed by atoms with Gasteiger partial charge in [0.15, 0.2) is 11.4 Å². The predicted octanol–water partition coefficient (Wildman–Crippen LogP) is 3.15. The third-order valence-electron chi connectivity index (χ3n) is 2.47. The average molecular weight is 369 g/mol. The van der Waals surface area contributed by atoms with Gasteiger partial charge in [0.05, 0.1) is 16.9 Å². The van der Waals surface area contributed by atoms with Gasteiger partial charge in [0.2, 0.25) is 0 Å². The lowest BCUT2D eigenvalue weighted by Gasteiger charge is -2.08. The highest BCUT2D eigenvalue weighted by atomic mass is 79.9. The summed E-state index contributed by atoms with van der Waals surface area (Å²) in [5, 5.41) is 6.86. The van der Waals surface area contributed by atoms with Crippen LogP contribution in [-0.2, 0) is 0 Å². The zero-order valence-corrected chi connectivity index (χ0v) is 12.7. The minimum atomic E-state index is -0.682. The number of amides is 1. The number of fused-ring (bicyclic) bond motifs is 1. The summed E-state index contributed by atoms with van der Waals surface area (Å²) < 4.78 is 7.18. The number of aromatic nitrogens is 4. The summed E-state index contributed by atoms with van der Waals surface area (Å²) in [6.45, 7) is 0. The summed E-state index contributed by atoms with van der Waals surface area (Å²) in [4.78, 5) is 19.8. The van der Waals surface area contributed by atoms with Crippen molar-refractivity contribution in [1.29, 1.82) is 0 Å². The van der Waals surface area contributed by atoms with Crippen molar-refractivity contribution in [2.75, 3.05) is 5.32 Å². The predicted molar refractivity (Wildman–Crippen MR) is 79.6 cm³/mol. The first-order valence-electron chi connectivity index (χ1n) is 5.72. The number of pyridine rings is 1. The molecule has 3 aromatic rings. The molecule has 0 atom stereocenters. The SMILES string of the molecule is O=C(Nc1cc(Cl)nc2c(Br)cnn12)Oc1cccnc1. The molecule has 0 unspecified atom stereocenters. The van der Waals surface area contributed by atoms with Crippen LogP contribution in [0, 0.1) is 0 Å². The third-order valence-corrected chi connectivity index (χ3v) is 3.23. The number of ether oxygens (including phenoxy) is 1. The molecule has 1 N–H and O–H groups in total. The summed E-state index contributed by atoms with van der Waals surface area (Å²) >= 11 is 9.22. The first-order valence-corrected chi connectivity index (χ1v) is 6.89. The van der Waals surface area contributed by atoms with Crippen LogP contribution in [0.4, 0.5) is 10.6 Å². The second-order valence-corrected chi connectivity index (χ2v) is 5.14. The molecule has 0 fully saturated rings. The van der Waals surface area contributed by atoms with E-state index in [1.165, 1.54) is 16.8 Å². The molecule has 3 heterocycles. The standard InChI is InChI=1S/C12H7BrClN5O2/c13-8-6-16-19-10(4-9(14)17-11(8)19)18-12(20)21-7-2-1-3-15-5-7/h1-6H,(H,18,20). The third kappa shape index (κ3) is 2.96. The monoisotopic (exact) mass is 367 g/mol. The minimum absolute atomic E-state index is 0.223. The van der Waals surface area contributed by atoms with Crippen LogP contribution in [0.5, 0.6) is 5.75 Å². The number of rotatable bonds is 2. The smallest absolute Gasteiger partial charge is 0.408 e. The number of nitrogens with zero attached hydrogens (tertiary/aromatic N) is 4. The molecule has 0 saturated heterocycles. The summed E-state index contributed by atoms with van der Waals surface area (Å²) in [6, 6.07) is 4.75. The van der Waals surface area contributed by atoms with Crippen LogP contribution in [0.25, 0.3) is 5.65 Å². The van der Waals surface area contributed by atoms with Gasteiger partial charge < -0.3 is 4.74 Å². The van der Waals surface area contributed by atoms with Gasteiger partial charge in [-0.3, -0.25) is 10.3 Å². The van der Waals surface area contributed by atoms with Gasteiger partial charge in [-0.05, 0) is 28.1 Å². The summed E-state index contributed by atoms with van der Waals surface area (Å²) in [5.41, 5.74) is 0.485. The normalized spacial score (nSPS) is 10.6. The molecule has 0 aliphatic heterocycles.